The molecule has 2 N–H and O–H groups in total. The molecule has 0 saturated carbocycles. The predicted molar refractivity (Wildman–Crippen MR) is 58.2 cm³/mol. The van der Waals surface area contributed by atoms with Crippen molar-refractivity contribution in [3.63, 3.8) is 0 Å². The third kappa shape index (κ3) is 3.60. The summed E-state index contributed by atoms with van der Waals surface area (Å²) in [5.74, 6) is 0.0591. The lowest BCUT2D eigenvalue weighted by atomic mass is 10.2. The van der Waals surface area contributed by atoms with Crippen molar-refractivity contribution >= 4 is 17.7 Å². The van der Waals surface area contributed by atoms with Gasteiger partial charge < -0.3 is 14.6 Å². The number of carboxylic acids is 1. The lowest BCUT2D eigenvalue weighted by molar-refractivity contribution is 0.0650. The van der Waals surface area contributed by atoms with E-state index in [-0.39, 0.29) is 5.76 Å². The molecule has 1 aromatic heterocycles. The molecule has 0 saturated heterocycles. The maximum atomic E-state index is 10.5. The van der Waals surface area contributed by atoms with Crippen LogP contribution in [0.4, 0.5) is 0 Å². The highest BCUT2D eigenvalue weighted by molar-refractivity contribution is 7.98. The van der Waals surface area contributed by atoms with E-state index in [9.17, 15) is 9.90 Å². The van der Waals surface area contributed by atoms with Gasteiger partial charge in [0, 0.05) is 0 Å². The molecule has 4 nitrogen and oxygen atoms in total. The molecule has 0 aliphatic rings. The Labute approximate surface area is 92.3 Å². The second kappa shape index (κ2) is 5.82. The van der Waals surface area contributed by atoms with Gasteiger partial charge in [-0.05, 0) is 37.0 Å². The lowest BCUT2D eigenvalue weighted by Gasteiger charge is -2.06. The third-order valence-corrected chi connectivity index (χ3v) is 2.69. The summed E-state index contributed by atoms with van der Waals surface area (Å²) in [6.07, 6.45) is 2.77. The van der Waals surface area contributed by atoms with Gasteiger partial charge >= 0.3 is 5.97 Å². The predicted octanol–water partition coefficient (Wildman–Crippen LogP) is 2.15. The van der Waals surface area contributed by atoms with Crippen LogP contribution < -0.4 is 0 Å². The molecule has 0 radical (unpaired) electrons. The Bertz CT molecular complexity index is 321. The Morgan fingerprint density at radius 2 is 2.33 bits per heavy atom. The van der Waals surface area contributed by atoms with Gasteiger partial charge in [-0.3, -0.25) is 0 Å². The quantitative estimate of drug-likeness (QED) is 0.733. The van der Waals surface area contributed by atoms with E-state index in [4.69, 9.17) is 9.52 Å². The van der Waals surface area contributed by atoms with Crippen molar-refractivity contribution in [1.82, 2.24) is 0 Å². The molecule has 15 heavy (non-hydrogen) atoms. The van der Waals surface area contributed by atoms with E-state index in [1.165, 1.54) is 12.1 Å². The molecule has 0 fully saturated rings. The maximum absolute atomic E-state index is 10.5. The van der Waals surface area contributed by atoms with Gasteiger partial charge in [0.1, 0.15) is 11.9 Å². The summed E-state index contributed by atoms with van der Waals surface area (Å²) in [6, 6.07) is 2.86. The number of carbonyl (C=O) groups is 1. The summed E-state index contributed by atoms with van der Waals surface area (Å²) in [4.78, 5) is 10.5. The standard InChI is InChI=1S/C10H14O4S/c1-15-6-2-3-7(11)8-4-5-9(14-8)10(12)13/h4-5,7,11H,2-3,6H2,1H3,(H,12,13). The molecule has 0 aliphatic heterocycles. The fraction of sp³-hybridized carbons (Fsp3) is 0.500. The SMILES string of the molecule is CSCCCC(O)c1ccc(C(=O)O)o1. The highest BCUT2D eigenvalue weighted by atomic mass is 32.2. The number of hydrogen-bond acceptors (Lipinski definition) is 4. The lowest BCUT2D eigenvalue weighted by Crippen LogP contribution is -1.97. The first-order chi connectivity index (χ1) is 7.15. The average molecular weight is 230 g/mol. The van der Waals surface area contributed by atoms with Crippen molar-refractivity contribution in [2.75, 3.05) is 12.0 Å². The number of aliphatic hydroxyl groups is 1. The summed E-state index contributed by atoms with van der Waals surface area (Å²) in [7, 11) is 0. The van der Waals surface area contributed by atoms with E-state index in [2.05, 4.69) is 0 Å². The van der Waals surface area contributed by atoms with Gasteiger partial charge in [0.2, 0.25) is 5.76 Å². The summed E-state index contributed by atoms with van der Waals surface area (Å²) in [5.41, 5.74) is 0. The molecule has 5 heteroatoms. The van der Waals surface area contributed by atoms with Crippen molar-refractivity contribution in [2.24, 2.45) is 0 Å². The molecule has 0 amide bonds. The first kappa shape index (κ1) is 12.1. The van der Waals surface area contributed by atoms with Crippen LogP contribution in [0, 0.1) is 0 Å². The van der Waals surface area contributed by atoms with Crippen LogP contribution in [-0.4, -0.2) is 28.2 Å². The molecule has 84 valence electrons. The summed E-state index contributed by atoms with van der Waals surface area (Å²) in [6.45, 7) is 0. The largest absolute Gasteiger partial charge is 0.475 e. The van der Waals surface area contributed by atoms with E-state index in [0.717, 1.165) is 12.2 Å². The minimum atomic E-state index is -1.11. The number of hydrogen-bond donors (Lipinski definition) is 2. The van der Waals surface area contributed by atoms with Crippen LogP contribution in [-0.2, 0) is 0 Å². The summed E-state index contributed by atoms with van der Waals surface area (Å²) < 4.78 is 4.98. The van der Waals surface area contributed by atoms with Gasteiger partial charge in [0.15, 0.2) is 0 Å². The van der Waals surface area contributed by atoms with Crippen molar-refractivity contribution in [3.8, 4) is 0 Å². The molecule has 0 bridgehead atoms. The maximum Gasteiger partial charge on any atom is 0.371 e. The normalized spacial score (nSPS) is 12.7. The second-order valence-corrected chi connectivity index (χ2v) is 4.14. The van der Waals surface area contributed by atoms with Crippen LogP contribution in [0.1, 0.15) is 35.3 Å². The molecular weight excluding hydrogens is 216 g/mol. The fourth-order valence-corrected chi connectivity index (χ4v) is 1.67. The van der Waals surface area contributed by atoms with Gasteiger partial charge in [0.05, 0.1) is 0 Å². The van der Waals surface area contributed by atoms with Crippen LogP contribution in [0.15, 0.2) is 16.5 Å². The van der Waals surface area contributed by atoms with E-state index in [1.807, 2.05) is 6.26 Å². The molecule has 1 rings (SSSR count). The Hall–Kier alpha value is -0.940. The van der Waals surface area contributed by atoms with Gasteiger partial charge in [-0.15, -0.1) is 0 Å². The number of thioether (sulfide) groups is 1. The number of aromatic carboxylic acids is 1. The highest BCUT2D eigenvalue weighted by Crippen LogP contribution is 2.21. The van der Waals surface area contributed by atoms with E-state index in [1.54, 1.807) is 11.8 Å². The highest BCUT2D eigenvalue weighted by Gasteiger charge is 2.14. The topological polar surface area (TPSA) is 70.7 Å². The molecule has 0 aliphatic carbocycles. The first-order valence-electron chi connectivity index (χ1n) is 4.65. The average Bonchev–Trinajstić information content (AvgIpc) is 2.66. The van der Waals surface area contributed by atoms with E-state index in [0.29, 0.717) is 12.2 Å². The number of aliphatic hydroxyl groups excluding tert-OH is 1. The fourth-order valence-electron chi connectivity index (χ4n) is 1.21. The number of rotatable bonds is 6. The van der Waals surface area contributed by atoms with E-state index >= 15 is 0 Å². The molecule has 1 aromatic rings. The van der Waals surface area contributed by atoms with Gasteiger partial charge in [0.25, 0.3) is 0 Å². The molecule has 1 unspecified atom stereocenters. The van der Waals surface area contributed by atoms with Crippen molar-refractivity contribution < 1.29 is 19.4 Å². The molecule has 0 spiro atoms. The Morgan fingerprint density at radius 3 is 2.87 bits per heavy atom. The number of furan rings is 1. The third-order valence-electron chi connectivity index (χ3n) is 1.99. The van der Waals surface area contributed by atoms with Crippen LogP contribution in [0.3, 0.4) is 0 Å². The molecule has 0 aromatic carbocycles. The summed E-state index contributed by atoms with van der Waals surface area (Å²) in [5, 5.41) is 18.3. The van der Waals surface area contributed by atoms with Crippen LogP contribution in [0.5, 0.6) is 0 Å². The first-order valence-corrected chi connectivity index (χ1v) is 6.04. The molecule has 1 atom stereocenters. The van der Waals surface area contributed by atoms with Crippen LogP contribution in [0.2, 0.25) is 0 Å². The zero-order valence-corrected chi connectivity index (χ0v) is 9.29. The van der Waals surface area contributed by atoms with Crippen molar-refractivity contribution in [3.05, 3.63) is 23.7 Å². The number of carboxylic acid groups (broad SMARTS) is 1. The van der Waals surface area contributed by atoms with Gasteiger partial charge in [-0.25, -0.2) is 4.79 Å². The van der Waals surface area contributed by atoms with Crippen molar-refractivity contribution in [2.45, 2.75) is 18.9 Å². The summed E-state index contributed by atoms with van der Waals surface area (Å²) >= 11 is 1.71. The molecular formula is C10H14O4S. The molecule has 1 heterocycles. The van der Waals surface area contributed by atoms with Gasteiger partial charge in [-0.1, -0.05) is 0 Å². The van der Waals surface area contributed by atoms with Crippen LogP contribution >= 0.6 is 11.8 Å². The Balaban J connectivity index is 2.50. The minimum Gasteiger partial charge on any atom is -0.475 e. The van der Waals surface area contributed by atoms with Crippen molar-refractivity contribution in [1.29, 1.82) is 0 Å². The van der Waals surface area contributed by atoms with E-state index < -0.39 is 12.1 Å². The minimum absolute atomic E-state index is 0.131. The Morgan fingerprint density at radius 1 is 1.60 bits per heavy atom. The monoisotopic (exact) mass is 230 g/mol. The second-order valence-electron chi connectivity index (χ2n) is 3.16. The Kier molecular flexibility index (Phi) is 4.71. The smallest absolute Gasteiger partial charge is 0.371 e. The zero-order valence-electron chi connectivity index (χ0n) is 8.47. The van der Waals surface area contributed by atoms with Crippen LogP contribution in [0.25, 0.3) is 0 Å². The van der Waals surface area contributed by atoms with Gasteiger partial charge in [-0.2, -0.15) is 11.8 Å². The zero-order chi connectivity index (χ0) is 11.3.